The van der Waals surface area contributed by atoms with Crippen LogP contribution in [0.3, 0.4) is 0 Å². The van der Waals surface area contributed by atoms with Gasteiger partial charge < -0.3 is 0 Å². The van der Waals surface area contributed by atoms with Crippen molar-refractivity contribution in [3.8, 4) is 0 Å². The van der Waals surface area contributed by atoms with Crippen LogP contribution in [0, 0.1) is 6.92 Å². The van der Waals surface area contributed by atoms with Crippen molar-refractivity contribution in [3.05, 3.63) is 47.0 Å². The quantitative estimate of drug-likeness (QED) is 0.629. The molecule has 0 spiro atoms. The molecule has 0 radical (unpaired) electrons. The zero-order chi connectivity index (χ0) is 13.8. The van der Waals surface area contributed by atoms with Crippen LogP contribution in [0.1, 0.15) is 35.6 Å². The number of aryl methyl sites for hydroxylation is 3. The van der Waals surface area contributed by atoms with Crippen LogP contribution < -0.4 is 11.3 Å². The summed E-state index contributed by atoms with van der Waals surface area (Å²) in [5.74, 6) is 5.67. The lowest BCUT2D eigenvalue weighted by Gasteiger charge is -2.15. The molecule has 1 unspecified atom stereocenters. The van der Waals surface area contributed by atoms with E-state index in [1.54, 1.807) is 0 Å². The van der Waals surface area contributed by atoms with Gasteiger partial charge in [-0.15, -0.1) is 0 Å². The highest BCUT2D eigenvalue weighted by Crippen LogP contribution is 2.17. The third-order valence-electron chi connectivity index (χ3n) is 3.30. The minimum absolute atomic E-state index is 0.0196. The van der Waals surface area contributed by atoms with Crippen LogP contribution in [-0.4, -0.2) is 14.8 Å². The van der Waals surface area contributed by atoms with E-state index in [1.165, 1.54) is 5.56 Å². The van der Waals surface area contributed by atoms with Crippen LogP contribution in [0.15, 0.2) is 24.4 Å². The molecule has 0 aliphatic carbocycles. The number of hydrazine groups is 1. The summed E-state index contributed by atoms with van der Waals surface area (Å²) in [6.07, 6.45) is 3.68. The monoisotopic (exact) mass is 259 g/mol. The third-order valence-corrected chi connectivity index (χ3v) is 3.30. The van der Waals surface area contributed by atoms with Gasteiger partial charge in [-0.3, -0.25) is 20.9 Å². The molecular weight excluding hydrogens is 238 g/mol. The van der Waals surface area contributed by atoms with Crippen molar-refractivity contribution < 1.29 is 0 Å². The van der Waals surface area contributed by atoms with Gasteiger partial charge in [0.1, 0.15) is 0 Å². The summed E-state index contributed by atoms with van der Waals surface area (Å²) in [5.41, 5.74) is 7.19. The van der Waals surface area contributed by atoms with Crippen molar-refractivity contribution in [1.82, 2.24) is 20.2 Å². The van der Waals surface area contributed by atoms with E-state index in [1.807, 2.05) is 30.9 Å². The molecule has 0 bridgehead atoms. The Kier molecular flexibility index (Phi) is 4.29. The molecule has 19 heavy (non-hydrogen) atoms. The normalized spacial score (nSPS) is 12.6. The number of rotatable bonds is 5. The average Bonchev–Trinajstić information content (AvgIpc) is 2.75. The standard InChI is InChI=1S/C14H21N5/c1-4-11-5-6-12(16-9-11)8-13(17-15)14-7-10(2)18-19(14)3/h5-7,9,13,17H,4,8,15H2,1-3H3. The number of aromatic nitrogens is 3. The SMILES string of the molecule is CCc1ccc(CC(NN)c2cc(C)nn2C)nc1. The van der Waals surface area contributed by atoms with Crippen LogP contribution in [0.25, 0.3) is 0 Å². The van der Waals surface area contributed by atoms with Gasteiger partial charge in [-0.2, -0.15) is 5.10 Å². The molecule has 2 rings (SSSR count). The Morgan fingerprint density at radius 1 is 1.42 bits per heavy atom. The molecular formula is C14H21N5. The first-order valence-corrected chi connectivity index (χ1v) is 6.54. The van der Waals surface area contributed by atoms with Gasteiger partial charge in [-0.1, -0.05) is 13.0 Å². The van der Waals surface area contributed by atoms with E-state index in [4.69, 9.17) is 5.84 Å². The van der Waals surface area contributed by atoms with E-state index in [-0.39, 0.29) is 6.04 Å². The summed E-state index contributed by atoms with van der Waals surface area (Å²) in [6, 6.07) is 6.24. The number of pyridine rings is 1. The molecule has 0 saturated carbocycles. The molecule has 0 fully saturated rings. The zero-order valence-corrected chi connectivity index (χ0v) is 11.7. The average molecular weight is 259 g/mol. The molecule has 5 nitrogen and oxygen atoms in total. The first kappa shape index (κ1) is 13.7. The Balaban J connectivity index is 2.16. The second-order valence-corrected chi connectivity index (χ2v) is 4.77. The highest BCUT2D eigenvalue weighted by Gasteiger charge is 2.15. The van der Waals surface area contributed by atoms with Crippen LogP contribution in [0.2, 0.25) is 0 Å². The summed E-state index contributed by atoms with van der Waals surface area (Å²) in [4.78, 5) is 4.47. The van der Waals surface area contributed by atoms with Gasteiger partial charge in [0.05, 0.1) is 17.4 Å². The predicted molar refractivity (Wildman–Crippen MR) is 75.3 cm³/mol. The lowest BCUT2D eigenvalue weighted by molar-refractivity contribution is 0.504. The Hall–Kier alpha value is -1.72. The Bertz CT molecular complexity index is 529. The first-order chi connectivity index (χ1) is 9.13. The fourth-order valence-electron chi connectivity index (χ4n) is 2.20. The number of hydrogen-bond acceptors (Lipinski definition) is 4. The van der Waals surface area contributed by atoms with E-state index in [2.05, 4.69) is 34.6 Å². The van der Waals surface area contributed by atoms with Gasteiger partial charge in [-0.25, -0.2) is 0 Å². The highest BCUT2D eigenvalue weighted by molar-refractivity contribution is 5.18. The van der Waals surface area contributed by atoms with E-state index in [0.29, 0.717) is 0 Å². The Morgan fingerprint density at radius 3 is 2.68 bits per heavy atom. The maximum atomic E-state index is 5.67. The largest absolute Gasteiger partial charge is 0.271 e. The molecule has 2 aromatic rings. The van der Waals surface area contributed by atoms with Crippen molar-refractivity contribution in [2.24, 2.45) is 12.9 Å². The number of nitrogens with two attached hydrogens (primary N) is 1. The molecule has 2 heterocycles. The molecule has 0 aromatic carbocycles. The fraction of sp³-hybridized carbons (Fsp3) is 0.429. The van der Waals surface area contributed by atoms with Crippen molar-refractivity contribution >= 4 is 0 Å². The highest BCUT2D eigenvalue weighted by atomic mass is 15.3. The number of hydrogen-bond donors (Lipinski definition) is 2. The molecule has 0 amide bonds. The van der Waals surface area contributed by atoms with E-state index in [0.717, 1.165) is 29.9 Å². The lowest BCUT2D eigenvalue weighted by atomic mass is 10.1. The molecule has 5 heteroatoms. The van der Waals surface area contributed by atoms with E-state index < -0.39 is 0 Å². The second kappa shape index (κ2) is 5.95. The predicted octanol–water partition coefficient (Wildman–Crippen LogP) is 1.43. The van der Waals surface area contributed by atoms with Gasteiger partial charge in [0.2, 0.25) is 0 Å². The van der Waals surface area contributed by atoms with Gasteiger partial charge in [0, 0.05) is 25.4 Å². The maximum absolute atomic E-state index is 5.67. The van der Waals surface area contributed by atoms with Crippen LogP contribution in [0.5, 0.6) is 0 Å². The maximum Gasteiger partial charge on any atom is 0.0684 e. The summed E-state index contributed by atoms with van der Waals surface area (Å²) in [6.45, 7) is 4.10. The molecule has 102 valence electrons. The molecule has 1 atom stereocenters. The van der Waals surface area contributed by atoms with Crippen LogP contribution in [-0.2, 0) is 19.9 Å². The Morgan fingerprint density at radius 2 is 2.21 bits per heavy atom. The first-order valence-electron chi connectivity index (χ1n) is 6.54. The summed E-state index contributed by atoms with van der Waals surface area (Å²) < 4.78 is 1.86. The van der Waals surface area contributed by atoms with Crippen molar-refractivity contribution in [1.29, 1.82) is 0 Å². The number of nitrogens with zero attached hydrogens (tertiary/aromatic N) is 3. The smallest absolute Gasteiger partial charge is 0.0684 e. The van der Waals surface area contributed by atoms with Crippen molar-refractivity contribution in [3.63, 3.8) is 0 Å². The van der Waals surface area contributed by atoms with Crippen molar-refractivity contribution in [2.45, 2.75) is 32.7 Å². The van der Waals surface area contributed by atoms with Crippen molar-refractivity contribution in [2.75, 3.05) is 0 Å². The summed E-state index contributed by atoms with van der Waals surface area (Å²) in [5, 5.41) is 4.35. The van der Waals surface area contributed by atoms with Gasteiger partial charge in [0.15, 0.2) is 0 Å². The van der Waals surface area contributed by atoms with E-state index >= 15 is 0 Å². The topological polar surface area (TPSA) is 68.8 Å². The van der Waals surface area contributed by atoms with Crippen LogP contribution >= 0.6 is 0 Å². The van der Waals surface area contributed by atoms with Crippen LogP contribution in [0.4, 0.5) is 0 Å². The molecule has 0 aliphatic heterocycles. The second-order valence-electron chi connectivity index (χ2n) is 4.77. The summed E-state index contributed by atoms with van der Waals surface area (Å²) >= 11 is 0. The molecule has 0 aliphatic rings. The minimum Gasteiger partial charge on any atom is -0.271 e. The third kappa shape index (κ3) is 3.19. The van der Waals surface area contributed by atoms with Gasteiger partial charge in [-0.05, 0) is 31.0 Å². The molecule has 0 saturated heterocycles. The lowest BCUT2D eigenvalue weighted by Crippen LogP contribution is -2.31. The molecule has 3 N–H and O–H groups in total. The zero-order valence-electron chi connectivity index (χ0n) is 11.7. The minimum atomic E-state index is 0.0196. The summed E-state index contributed by atoms with van der Waals surface area (Å²) in [7, 11) is 1.93. The van der Waals surface area contributed by atoms with Gasteiger partial charge in [0.25, 0.3) is 0 Å². The number of nitrogens with one attached hydrogen (secondary N) is 1. The van der Waals surface area contributed by atoms with E-state index in [9.17, 15) is 0 Å². The van der Waals surface area contributed by atoms with Gasteiger partial charge >= 0.3 is 0 Å². The molecule has 2 aromatic heterocycles. The Labute approximate surface area is 113 Å². The fourth-order valence-corrected chi connectivity index (χ4v) is 2.20.